The number of aliphatic hydroxyl groups is 1. The van der Waals surface area contributed by atoms with Gasteiger partial charge in [-0.25, -0.2) is 0 Å². The van der Waals surface area contributed by atoms with Crippen LogP contribution in [-0.2, 0) is 11.3 Å². The Morgan fingerprint density at radius 3 is 2.55 bits per heavy atom. The van der Waals surface area contributed by atoms with Crippen LogP contribution in [0.25, 0.3) is 0 Å². The number of rotatable bonds is 4. The van der Waals surface area contributed by atoms with E-state index in [-0.39, 0.29) is 25.1 Å². The number of aromatic nitrogens is 2. The van der Waals surface area contributed by atoms with Crippen molar-refractivity contribution in [2.24, 2.45) is 5.92 Å². The van der Waals surface area contributed by atoms with Gasteiger partial charge in [0.1, 0.15) is 6.54 Å². The smallest absolute Gasteiger partial charge is 0.241 e. The molecule has 0 spiro atoms. The van der Waals surface area contributed by atoms with Crippen molar-refractivity contribution in [1.29, 1.82) is 0 Å². The summed E-state index contributed by atoms with van der Waals surface area (Å²) in [6.45, 7) is 4.16. The lowest BCUT2D eigenvalue weighted by Crippen LogP contribution is -2.40. The van der Waals surface area contributed by atoms with Gasteiger partial charge in [-0.1, -0.05) is 11.6 Å². The van der Waals surface area contributed by atoms with Crippen molar-refractivity contribution < 1.29 is 9.90 Å². The average molecular weight is 300 g/mol. The summed E-state index contributed by atoms with van der Waals surface area (Å²) in [5, 5.41) is 17.0. The van der Waals surface area contributed by atoms with Crippen molar-refractivity contribution in [3.8, 4) is 0 Å². The highest BCUT2D eigenvalue weighted by Gasteiger charge is 2.22. The van der Waals surface area contributed by atoms with E-state index in [1.54, 1.807) is 4.68 Å². The number of halogens is 1. The lowest BCUT2D eigenvalue weighted by Gasteiger charge is -2.28. The van der Waals surface area contributed by atoms with Crippen LogP contribution in [0.4, 0.5) is 0 Å². The molecule has 0 aliphatic heterocycles. The topological polar surface area (TPSA) is 67.2 Å². The molecule has 20 heavy (non-hydrogen) atoms. The Morgan fingerprint density at radius 2 is 2.05 bits per heavy atom. The zero-order valence-electron chi connectivity index (χ0n) is 12.0. The molecule has 1 aliphatic rings. The molecule has 0 bridgehead atoms. The Hall–Kier alpha value is -1.07. The Bertz CT molecular complexity index is 479. The molecular formula is C14H22ClN3O2. The highest BCUT2D eigenvalue weighted by atomic mass is 35.5. The van der Waals surface area contributed by atoms with Gasteiger partial charge in [0, 0.05) is 12.6 Å². The van der Waals surface area contributed by atoms with Gasteiger partial charge >= 0.3 is 0 Å². The van der Waals surface area contributed by atoms with Gasteiger partial charge in [0.2, 0.25) is 5.91 Å². The number of carbonyl (C=O) groups excluding carboxylic acids is 1. The number of hydrogen-bond acceptors (Lipinski definition) is 3. The van der Waals surface area contributed by atoms with Crippen molar-refractivity contribution in [1.82, 2.24) is 15.1 Å². The molecule has 0 radical (unpaired) electrons. The molecule has 1 aliphatic carbocycles. The summed E-state index contributed by atoms with van der Waals surface area (Å²) in [5.74, 6) is 0.373. The third kappa shape index (κ3) is 3.52. The van der Waals surface area contributed by atoms with E-state index in [9.17, 15) is 4.79 Å². The minimum atomic E-state index is -0.0280. The van der Waals surface area contributed by atoms with Crippen molar-refractivity contribution in [3.05, 3.63) is 16.4 Å². The number of aliphatic hydroxyl groups excluding tert-OH is 1. The zero-order valence-corrected chi connectivity index (χ0v) is 12.8. The summed E-state index contributed by atoms with van der Waals surface area (Å²) in [7, 11) is 0. The summed E-state index contributed by atoms with van der Waals surface area (Å²) in [5.41, 5.74) is 1.57. The van der Waals surface area contributed by atoms with Crippen LogP contribution in [0.5, 0.6) is 0 Å². The first-order chi connectivity index (χ1) is 9.51. The fourth-order valence-electron chi connectivity index (χ4n) is 2.73. The first kappa shape index (κ1) is 15.3. The van der Waals surface area contributed by atoms with Crippen molar-refractivity contribution in [2.45, 2.75) is 52.1 Å². The number of nitrogens with one attached hydrogen (secondary N) is 1. The summed E-state index contributed by atoms with van der Waals surface area (Å²) < 4.78 is 1.65. The van der Waals surface area contributed by atoms with Gasteiger partial charge in [0.05, 0.1) is 16.4 Å². The summed E-state index contributed by atoms with van der Waals surface area (Å²) in [6.07, 6.45) is 3.84. The molecule has 1 saturated carbocycles. The van der Waals surface area contributed by atoms with E-state index in [1.165, 1.54) is 0 Å². The summed E-state index contributed by atoms with van der Waals surface area (Å²) >= 11 is 6.07. The van der Waals surface area contributed by atoms with Crippen LogP contribution in [-0.4, -0.2) is 33.4 Å². The molecule has 0 unspecified atom stereocenters. The number of hydrogen-bond donors (Lipinski definition) is 2. The van der Waals surface area contributed by atoms with Gasteiger partial charge in [0.15, 0.2) is 0 Å². The van der Waals surface area contributed by atoms with Crippen LogP contribution >= 0.6 is 11.6 Å². The molecule has 2 N–H and O–H groups in total. The first-order valence-electron chi connectivity index (χ1n) is 7.11. The molecule has 0 aromatic carbocycles. The second-order valence-corrected chi connectivity index (χ2v) is 5.99. The highest BCUT2D eigenvalue weighted by Crippen LogP contribution is 2.24. The number of aryl methyl sites for hydroxylation is 1. The van der Waals surface area contributed by atoms with Crippen LogP contribution < -0.4 is 5.32 Å². The van der Waals surface area contributed by atoms with E-state index >= 15 is 0 Å². The molecule has 112 valence electrons. The predicted octanol–water partition coefficient (Wildman–Crippen LogP) is 1.82. The SMILES string of the molecule is Cc1nn(CC(=O)NC2CCC(CO)CC2)c(C)c1Cl. The van der Waals surface area contributed by atoms with Crippen molar-refractivity contribution in [3.63, 3.8) is 0 Å². The van der Waals surface area contributed by atoms with Crippen LogP contribution in [0.3, 0.4) is 0 Å². The number of nitrogens with zero attached hydrogens (tertiary/aromatic N) is 2. The van der Waals surface area contributed by atoms with E-state index in [4.69, 9.17) is 16.7 Å². The fraction of sp³-hybridized carbons (Fsp3) is 0.714. The van der Waals surface area contributed by atoms with Gasteiger partial charge in [-0.2, -0.15) is 5.10 Å². The van der Waals surface area contributed by atoms with Gasteiger partial charge in [-0.15, -0.1) is 0 Å². The van der Waals surface area contributed by atoms with E-state index in [1.807, 2.05) is 13.8 Å². The third-order valence-electron chi connectivity index (χ3n) is 4.06. The Labute approximate surface area is 124 Å². The molecule has 1 heterocycles. The van der Waals surface area contributed by atoms with E-state index in [0.717, 1.165) is 37.1 Å². The molecule has 1 aromatic rings. The normalized spacial score (nSPS) is 22.8. The molecule has 5 nitrogen and oxygen atoms in total. The lowest BCUT2D eigenvalue weighted by molar-refractivity contribution is -0.122. The van der Waals surface area contributed by atoms with Crippen molar-refractivity contribution >= 4 is 17.5 Å². The lowest BCUT2D eigenvalue weighted by atomic mass is 9.86. The monoisotopic (exact) mass is 299 g/mol. The van der Waals surface area contributed by atoms with E-state index in [2.05, 4.69) is 10.4 Å². The first-order valence-corrected chi connectivity index (χ1v) is 7.48. The minimum Gasteiger partial charge on any atom is -0.396 e. The third-order valence-corrected chi connectivity index (χ3v) is 4.60. The molecule has 1 aromatic heterocycles. The van der Waals surface area contributed by atoms with Gasteiger partial charge in [0.25, 0.3) is 0 Å². The highest BCUT2D eigenvalue weighted by molar-refractivity contribution is 6.31. The molecule has 6 heteroatoms. The second-order valence-electron chi connectivity index (χ2n) is 5.61. The molecular weight excluding hydrogens is 278 g/mol. The quantitative estimate of drug-likeness (QED) is 0.891. The van der Waals surface area contributed by atoms with Crippen LogP contribution in [0, 0.1) is 19.8 Å². The maximum Gasteiger partial charge on any atom is 0.241 e. The van der Waals surface area contributed by atoms with Crippen LogP contribution in [0.1, 0.15) is 37.1 Å². The summed E-state index contributed by atoms with van der Waals surface area (Å²) in [6, 6.07) is 0.220. The van der Waals surface area contributed by atoms with Gasteiger partial charge in [-0.3, -0.25) is 9.48 Å². The molecule has 2 rings (SSSR count). The largest absolute Gasteiger partial charge is 0.396 e. The predicted molar refractivity (Wildman–Crippen MR) is 77.7 cm³/mol. The minimum absolute atomic E-state index is 0.0280. The second kappa shape index (κ2) is 6.59. The van der Waals surface area contributed by atoms with E-state index in [0.29, 0.717) is 10.9 Å². The average Bonchev–Trinajstić information content (AvgIpc) is 2.67. The summed E-state index contributed by atoms with van der Waals surface area (Å²) in [4.78, 5) is 12.0. The number of amides is 1. The van der Waals surface area contributed by atoms with E-state index < -0.39 is 0 Å². The Balaban J connectivity index is 1.85. The standard InChI is InChI=1S/C14H22ClN3O2/c1-9-14(15)10(2)18(17-9)7-13(20)16-12-5-3-11(8-19)4-6-12/h11-12,19H,3-8H2,1-2H3,(H,16,20). The van der Waals surface area contributed by atoms with Crippen LogP contribution in [0.2, 0.25) is 5.02 Å². The Kier molecular flexibility index (Phi) is 5.05. The van der Waals surface area contributed by atoms with Gasteiger partial charge in [-0.05, 0) is 45.4 Å². The maximum atomic E-state index is 12.0. The number of carbonyl (C=O) groups is 1. The molecule has 1 fully saturated rings. The maximum absolute atomic E-state index is 12.0. The van der Waals surface area contributed by atoms with Gasteiger partial charge < -0.3 is 10.4 Å². The molecule has 0 atom stereocenters. The van der Waals surface area contributed by atoms with Crippen LogP contribution in [0.15, 0.2) is 0 Å². The van der Waals surface area contributed by atoms with Crippen molar-refractivity contribution in [2.75, 3.05) is 6.61 Å². The molecule has 1 amide bonds. The Morgan fingerprint density at radius 1 is 1.40 bits per heavy atom. The molecule has 0 saturated heterocycles. The fourth-order valence-corrected chi connectivity index (χ4v) is 2.86. The zero-order chi connectivity index (χ0) is 14.7.